The molecule has 1 heterocycles. The van der Waals surface area contributed by atoms with E-state index < -0.39 is 0 Å². The largest absolute Gasteiger partial charge is 0.328 e. The van der Waals surface area contributed by atoms with Gasteiger partial charge in [-0.3, -0.25) is 0 Å². The monoisotopic (exact) mass is 211 g/mol. The molecule has 3 heteroatoms. The van der Waals surface area contributed by atoms with Crippen LogP contribution in [0.2, 0.25) is 0 Å². The average Bonchev–Trinajstić information content (AvgIpc) is 2.71. The summed E-state index contributed by atoms with van der Waals surface area (Å²) in [6, 6.07) is 1.14. The Labute approximate surface area is 93.4 Å². The molecule has 1 aliphatic carbocycles. The fraction of sp³-hybridized carbons (Fsp3) is 1.00. The molecule has 0 aromatic heterocycles. The van der Waals surface area contributed by atoms with E-state index >= 15 is 0 Å². The number of hydrogen-bond acceptors (Lipinski definition) is 3. The maximum Gasteiger partial charge on any atom is 0.0107 e. The molecule has 0 aromatic rings. The van der Waals surface area contributed by atoms with Crippen molar-refractivity contribution in [3.63, 3.8) is 0 Å². The Morgan fingerprint density at radius 2 is 1.93 bits per heavy atom. The molecule has 1 saturated carbocycles. The molecule has 3 N–H and O–H groups in total. The smallest absolute Gasteiger partial charge is 0.0107 e. The van der Waals surface area contributed by atoms with E-state index in [9.17, 15) is 0 Å². The Bertz CT molecular complexity index is 178. The van der Waals surface area contributed by atoms with Gasteiger partial charge in [0.05, 0.1) is 0 Å². The zero-order chi connectivity index (χ0) is 10.5. The van der Waals surface area contributed by atoms with Gasteiger partial charge >= 0.3 is 0 Å². The van der Waals surface area contributed by atoms with Crippen LogP contribution in [0.3, 0.4) is 0 Å². The first-order valence-corrected chi connectivity index (χ1v) is 6.56. The highest BCUT2D eigenvalue weighted by Crippen LogP contribution is 2.16. The van der Waals surface area contributed by atoms with Crippen molar-refractivity contribution in [2.75, 3.05) is 26.2 Å². The molecule has 2 unspecified atom stereocenters. The van der Waals surface area contributed by atoms with Gasteiger partial charge in [-0.2, -0.15) is 0 Å². The predicted molar refractivity (Wildman–Crippen MR) is 63.9 cm³/mol. The number of nitrogens with zero attached hydrogens (tertiary/aromatic N) is 1. The molecule has 1 saturated heterocycles. The lowest BCUT2D eigenvalue weighted by atomic mass is 9.92. The molecule has 0 spiro atoms. The van der Waals surface area contributed by atoms with Crippen LogP contribution in [0.4, 0.5) is 0 Å². The van der Waals surface area contributed by atoms with Crippen LogP contribution in [0.25, 0.3) is 0 Å². The number of rotatable bonds is 4. The summed E-state index contributed by atoms with van der Waals surface area (Å²) in [5.74, 6) is 0. The van der Waals surface area contributed by atoms with Crippen LogP contribution in [0.1, 0.15) is 38.5 Å². The molecule has 2 rings (SSSR count). The van der Waals surface area contributed by atoms with Crippen LogP contribution in [0.5, 0.6) is 0 Å². The molecule has 2 aliphatic rings. The summed E-state index contributed by atoms with van der Waals surface area (Å²) in [5, 5.41) is 3.66. The van der Waals surface area contributed by atoms with E-state index in [0.29, 0.717) is 12.1 Å². The van der Waals surface area contributed by atoms with Crippen molar-refractivity contribution < 1.29 is 0 Å². The first-order chi connectivity index (χ1) is 7.34. The predicted octanol–water partition coefficient (Wildman–Crippen LogP) is 0.942. The van der Waals surface area contributed by atoms with E-state index in [1.807, 2.05) is 0 Å². The fourth-order valence-electron chi connectivity index (χ4n) is 2.85. The number of likely N-dealkylation sites (tertiary alicyclic amines) is 1. The van der Waals surface area contributed by atoms with E-state index in [0.717, 1.165) is 6.54 Å². The molecule has 15 heavy (non-hydrogen) atoms. The summed E-state index contributed by atoms with van der Waals surface area (Å²) in [5.41, 5.74) is 5.97. The normalized spacial score (nSPS) is 33.4. The van der Waals surface area contributed by atoms with Gasteiger partial charge in [0, 0.05) is 25.2 Å². The highest BCUT2D eigenvalue weighted by molar-refractivity contribution is 4.80. The lowest BCUT2D eigenvalue weighted by Gasteiger charge is -2.28. The molecular formula is C12H25N3. The third-order valence-corrected chi connectivity index (χ3v) is 3.77. The van der Waals surface area contributed by atoms with Gasteiger partial charge in [-0.15, -0.1) is 0 Å². The van der Waals surface area contributed by atoms with Gasteiger partial charge in [-0.05, 0) is 45.2 Å². The summed E-state index contributed by atoms with van der Waals surface area (Å²) < 4.78 is 0. The third-order valence-electron chi connectivity index (χ3n) is 3.77. The Morgan fingerprint density at radius 3 is 2.67 bits per heavy atom. The van der Waals surface area contributed by atoms with Crippen molar-refractivity contribution in [3.8, 4) is 0 Å². The van der Waals surface area contributed by atoms with E-state index in [-0.39, 0.29) is 0 Å². The SMILES string of the molecule is NC1CCCC(NCCN2CCCC2)C1. The van der Waals surface area contributed by atoms with Crippen molar-refractivity contribution in [1.82, 2.24) is 10.2 Å². The van der Waals surface area contributed by atoms with Crippen molar-refractivity contribution in [1.29, 1.82) is 0 Å². The average molecular weight is 211 g/mol. The van der Waals surface area contributed by atoms with E-state index in [1.54, 1.807) is 0 Å². The van der Waals surface area contributed by atoms with E-state index in [1.165, 1.54) is 58.2 Å². The van der Waals surface area contributed by atoms with Crippen molar-refractivity contribution in [2.45, 2.75) is 50.6 Å². The lowest BCUT2D eigenvalue weighted by molar-refractivity contribution is 0.297. The zero-order valence-electron chi connectivity index (χ0n) is 9.75. The Hall–Kier alpha value is -0.120. The van der Waals surface area contributed by atoms with Gasteiger partial charge in [-0.25, -0.2) is 0 Å². The second-order valence-electron chi connectivity index (χ2n) is 5.13. The molecular weight excluding hydrogens is 186 g/mol. The molecule has 0 bridgehead atoms. The van der Waals surface area contributed by atoms with E-state index in [2.05, 4.69) is 10.2 Å². The summed E-state index contributed by atoms with van der Waals surface area (Å²) >= 11 is 0. The Kier molecular flexibility index (Phi) is 4.42. The van der Waals surface area contributed by atoms with Crippen LogP contribution < -0.4 is 11.1 Å². The van der Waals surface area contributed by atoms with Crippen molar-refractivity contribution in [3.05, 3.63) is 0 Å². The van der Waals surface area contributed by atoms with E-state index in [4.69, 9.17) is 5.73 Å². The lowest BCUT2D eigenvalue weighted by Crippen LogP contribution is -2.42. The Balaban J connectivity index is 1.56. The molecule has 88 valence electrons. The number of hydrogen-bond donors (Lipinski definition) is 2. The highest BCUT2D eigenvalue weighted by Gasteiger charge is 2.18. The standard InChI is InChI=1S/C12H25N3/c13-11-4-3-5-12(10-11)14-6-9-15-7-1-2-8-15/h11-12,14H,1-10,13H2. The van der Waals surface area contributed by atoms with Crippen molar-refractivity contribution in [2.24, 2.45) is 5.73 Å². The maximum absolute atomic E-state index is 5.97. The molecule has 2 atom stereocenters. The minimum Gasteiger partial charge on any atom is -0.328 e. The van der Waals surface area contributed by atoms with Gasteiger partial charge in [0.2, 0.25) is 0 Å². The third kappa shape index (κ3) is 3.74. The van der Waals surface area contributed by atoms with Crippen LogP contribution >= 0.6 is 0 Å². The van der Waals surface area contributed by atoms with Gasteiger partial charge in [0.25, 0.3) is 0 Å². The van der Waals surface area contributed by atoms with Gasteiger partial charge in [0.1, 0.15) is 0 Å². The molecule has 0 aromatic carbocycles. The van der Waals surface area contributed by atoms with Gasteiger partial charge < -0.3 is 16.0 Å². The summed E-state index contributed by atoms with van der Waals surface area (Å²) in [6.07, 6.45) is 7.84. The second-order valence-corrected chi connectivity index (χ2v) is 5.13. The zero-order valence-corrected chi connectivity index (χ0v) is 9.75. The van der Waals surface area contributed by atoms with Crippen LogP contribution in [-0.2, 0) is 0 Å². The van der Waals surface area contributed by atoms with Crippen LogP contribution in [-0.4, -0.2) is 43.2 Å². The number of nitrogens with two attached hydrogens (primary N) is 1. The minimum atomic E-state index is 0.447. The second kappa shape index (κ2) is 5.83. The maximum atomic E-state index is 5.97. The first-order valence-electron chi connectivity index (χ1n) is 6.56. The summed E-state index contributed by atoms with van der Waals surface area (Å²) in [7, 11) is 0. The molecule has 0 amide bonds. The molecule has 2 fully saturated rings. The highest BCUT2D eigenvalue weighted by atomic mass is 15.2. The number of nitrogens with one attached hydrogen (secondary N) is 1. The molecule has 3 nitrogen and oxygen atoms in total. The van der Waals surface area contributed by atoms with Gasteiger partial charge in [-0.1, -0.05) is 6.42 Å². The quantitative estimate of drug-likeness (QED) is 0.727. The summed E-state index contributed by atoms with van der Waals surface area (Å²) in [6.45, 7) is 5.00. The fourth-order valence-corrected chi connectivity index (χ4v) is 2.85. The molecule has 1 aliphatic heterocycles. The van der Waals surface area contributed by atoms with Gasteiger partial charge in [0.15, 0.2) is 0 Å². The van der Waals surface area contributed by atoms with Crippen LogP contribution in [0.15, 0.2) is 0 Å². The minimum absolute atomic E-state index is 0.447. The Morgan fingerprint density at radius 1 is 1.13 bits per heavy atom. The summed E-state index contributed by atoms with van der Waals surface area (Å²) in [4.78, 5) is 2.57. The van der Waals surface area contributed by atoms with Crippen molar-refractivity contribution >= 4 is 0 Å². The van der Waals surface area contributed by atoms with Crippen LogP contribution in [0, 0.1) is 0 Å². The first kappa shape index (κ1) is 11.4. The molecule has 0 radical (unpaired) electrons. The topological polar surface area (TPSA) is 41.3 Å².